The molecule has 92 valence electrons. The van der Waals surface area contributed by atoms with E-state index >= 15 is 0 Å². The highest BCUT2D eigenvalue weighted by Gasteiger charge is 2.39. The standard InChI is InChI=1S/C13H18N2O2/c1-10-3-2-4-11(9-10)15-13(12(16)17)5-7-14-8-6-13/h2-4,9,14-15H,5-8H2,1H3,(H,16,17). The summed E-state index contributed by atoms with van der Waals surface area (Å²) >= 11 is 0. The number of benzene rings is 1. The third-order valence-corrected chi connectivity index (χ3v) is 3.27. The predicted octanol–water partition coefficient (Wildman–Crippen LogP) is 1.61. The van der Waals surface area contributed by atoms with E-state index in [1.165, 1.54) is 0 Å². The molecular formula is C13H18N2O2. The summed E-state index contributed by atoms with van der Waals surface area (Å²) in [6.45, 7) is 3.48. The quantitative estimate of drug-likeness (QED) is 0.743. The van der Waals surface area contributed by atoms with Crippen molar-refractivity contribution in [1.29, 1.82) is 0 Å². The maximum atomic E-state index is 11.5. The molecule has 4 heteroatoms. The van der Waals surface area contributed by atoms with Crippen molar-refractivity contribution in [3.8, 4) is 0 Å². The fourth-order valence-corrected chi connectivity index (χ4v) is 2.24. The van der Waals surface area contributed by atoms with E-state index in [1.54, 1.807) is 0 Å². The van der Waals surface area contributed by atoms with Gasteiger partial charge in [0.05, 0.1) is 0 Å². The number of aliphatic carboxylic acids is 1. The van der Waals surface area contributed by atoms with E-state index in [9.17, 15) is 9.90 Å². The first kappa shape index (κ1) is 11.9. The minimum Gasteiger partial charge on any atom is -0.480 e. The van der Waals surface area contributed by atoms with Crippen molar-refractivity contribution in [3.05, 3.63) is 29.8 Å². The zero-order chi connectivity index (χ0) is 12.3. The number of carboxylic acid groups (broad SMARTS) is 1. The Morgan fingerprint density at radius 3 is 2.71 bits per heavy atom. The van der Waals surface area contributed by atoms with Crippen molar-refractivity contribution < 1.29 is 9.90 Å². The number of aryl methyl sites for hydroxylation is 1. The molecule has 0 radical (unpaired) electrons. The van der Waals surface area contributed by atoms with E-state index in [0.29, 0.717) is 12.8 Å². The van der Waals surface area contributed by atoms with Gasteiger partial charge in [-0.15, -0.1) is 0 Å². The van der Waals surface area contributed by atoms with Crippen LogP contribution in [0.1, 0.15) is 18.4 Å². The lowest BCUT2D eigenvalue weighted by molar-refractivity contribution is -0.143. The molecule has 1 fully saturated rings. The summed E-state index contributed by atoms with van der Waals surface area (Å²) in [5.74, 6) is -0.763. The molecule has 0 atom stereocenters. The highest BCUT2D eigenvalue weighted by molar-refractivity contribution is 5.83. The van der Waals surface area contributed by atoms with E-state index in [2.05, 4.69) is 10.6 Å². The highest BCUT2D eigenvalue weighted by atomic mass is 16.4. The molecule has 1 aliphatic rings. The monoisotopic (exact) mass is 234 g/mol. The normalized spacial score (nSPS) is 18.6. The molecule has 2 rings (SSSR count). The van der Waals surface area contributed by atoms with Crippen molar-refractivity contribution in [2.45, 2.75) is 25.3 Å². The molecule has 0 aliphatic carbocycles. The molecule has 1 saturated heterocycles. The van der Waals surface area contributed by atoms with E-state index in [1.807, 2.05) is 31.2 Å². The first-order valence-corrected chi connectivity index (χ1v) is 5.91. The number of nitrogens with one attached hydrogen (secondary N) is 2. The maximum absolute atomic E-state index is 11.5. The van der Waals surface area contributed by atoms with Crippen LogP contribution in [0.15, 0.2) is 24.3 Å². The van der Waals surface area contributed by atoms with Crippen LogP contribution in [-0.4, -0.2) is 29.7 Å². The molecule has 0 saturated carbocycles. The molecule has 17 heavy (non-hydrogen) atoms. The lowest BCUT2D eigenvalue weighted by atomic mass is 9.88. The summed E-state index contributed by atoms with van der Waals surface area (Å²) in [5.41, 5.74) is 1.19. The number of hydrogen-bond acceptors (Lipinski definition) is 3. The second-order valence-corrected chi connectivity index (χ2v) is 4.63. The Morgan fingerprint density at radius 2 is 2.12 bits per heavy atom. The van der Waals surface area contributed by atoms with Crippen molar-refractivity contribution in [3.63, 3.8) is 0 Å². The van der Waals surface area contributed by atoms with Gasteiger partial charge in [-0.25, -0.2) is 4.79 Å². The van der Waals surface area contributed by atoms with Crippen molar-refractivity contribution in [1.82, 2.24) is 5.32 Å². The van der Waals surface area contributed by atoms with Gasteiger partial charge in [0.2, 0.25) is 0 Å². The van der Waals surface area contributed by atoms with Gasteiger partial charge in [-0.05, 0) is 50.6 Å². The third-order valence-electron chi connectivity index (χ3n) is 3.27. The lowest BCUT2D eigenvalue weighted by Gasteiger charge is -2.35. The Hall–Kier alpha value is -1.55. The molecule has 3 N–H and O–H groups in total. The topological polar surface area (TPSA) is 61.4 Å². The zero-order valence-electron chi connectivity index (χ0n) is 9.99. The number of carboxylic acids is 1. The Morgan fingerprint density at radius 1 is 1.41 bits per heavy atom. The zero-order valence-corrected chi connectivity index (χ0v) is 9.99. The van der Waals surface area contributed by atoms with Gasteiger partial charge in [0.15, 0.2) is 0 Å². The molecule has 1 aliphatic heterocycles. The molecule has 0 spiro atoms. The van der Waals surface area contributed by atoms with Crippen LogP contribution in [0.3, 0.4) is 0 Å². The van der Waals surface area contributed by atoms with Crippen LogP contribution in [0.5, 0.6) is 0 Å². The SMILES string of the molecule is Cc1cccc(NC2(C(=O)O)CCNCC2)c1. The molecule has 4 nitrogen and oxygen atoms in total. The first-order valence-electron chi connectivity index (χ1n) is 5.91. The van der Waals surface area contributed by atoms with Gasteiger partial charge in [-0.1, -0.05) is 12.1 Å². The molecule has 1 aromatic rings. The molecular weight excluding hydrogens is 216 g/mol. The smallest absolute Gasteiger partial charge is 0.329 e. The highest BCUT2D eigenvalue weighted by Crippen LogP contribution is 2.25. The summed E-state index contributed by atoms with van der Waals surface area (Å²) in [6.07, 6.45) is 1.21. The summed E-state index contributed by atoms with van der Waals surface area (Å²) in [4.78, 5) is 11.5. The summed E-state index contributed by atoms with van der Waals surface area (Å²) in [6, 6.07) is 7.84. The second-order valence-electron chi connectivity index (χ2n) is 4.63. The molecule has 0 bridgehead atoms. The minimum absolute atomic E-state index is 0.607. The molecule has 1 aromatic carbocycles. The molecule has 0 amide bonds. The Kier molecular flexibility index (Phi) is 3.33. The van der Waals surface area contributed by atoms with Crippen molar-refractivity contribution in [2.24, 2.45) is 0 Å². The van der Waals surface area contributed by atoms with Gasteiger partial charge in [0, 0.05) is 5.69 Å². The Bertz CT molecular complexity index is 412. The predicted molar refractivity (Wildman–Crippen MR) is 67.3 cm³/mol. The van der Waals surface area contributed by atoms with E-state index in [4.69, 9.17) is 0 Å². The average Bonchev–Trinajstić information content (AvgIpc) is 2.30. The second kappa shape index (κ2) is 4.75. The van der Waals surface area contributed by atoms with Crippen LogP contribution in [0.4, 0.5) is 5.69 Å². The maximum Gasteiger partial charge on any atom is 0.329 e. The summed E-state index contributed by atoms with van der Waals surface area (Å²) in [7, 11) is 0. The largest absolute Gasteiger partial charge is 0.480 e. The van der Waals surface area contributed by atoms with Crippen LogP contribution in [0, 0.1) is 6.92 Å². The Labute approximate surface area is 101 Å². The van der Waals surface area contributed by atoms with Gasteiger partial charge in [-0.3, -0.25) is 0 Å². The Balaban J connectivity index is 2.20. The van der Waals surface area contributed by atoms with Crippen LogP contribution >= 0.6 is 0 Å². The van der Waals surface area contributed by atoms with E-state index in [0.717, 1.165) is 24.3 Å². The van der Waals surface area contributed by atoms with Gasteiger partial charge in [-0.2, -0.15) is 0 Å². The van der Waals surface area contributed by atoms with Crippen LogP contribution in [0.25, 0.3) is 0 Å². The summed E-state index contributed by atoms with van der Waals surface area (Å²) in [5, 5.41) is 15.8. The number of hydrogen-bond donors (Lipinski definition) is 3. The fourth-order valence-electron chi connectivity index (χ4n) is 2.24. The van der Waals surface area contributed by atoms with E-state index < -0.39 is 11.5 Å². The number of anilines is 1. The summed E-state index contributed by atoms with van der Waals surface area (Å²) < 4.78 is 0. The van der Waals surface area contributed by atoms with Gasteiger partial charge in [0.1, 0.15) is 5.54 Å². The van der Waals surface area contributed by atoms with Crippen LogP contribution in [0.2, 0.25) is 0 Å². The van der Waals surface area contributed by atoms with Crippen LogP contribution < -0.4 is 10.6 Å². The average molecular weight is 234 g/mol. The van der Waals surface area contributed by atoms with Crippen molar-refractivity contribution in [2.75, 3.05) is 18.4 Å². The van der Waals surface area contributed by atoms with Crippen LogP contribution in [-0.2, 0) is 4.79 Å². The minimum atomic E-state index is -0.820. The number of carbonyl (C=O) groups is 1. The van der Waals surface area contributed by atoms with Crippen molar-refractivity contribution >= 4 is 11.7 Å². The lowest BCUT2D eigenvalue weighted by Crippen LogP contribution is -2.53. The van der Waals surface area contributed by atoms with Gasteiger partial charge >= 0.3 is 5.97 Å². The first-order chi connectivity index (χ1) is 8.12. The molecule has 0 aromatic heterocycles. The molecule has 1 heterocycles. The number of rotatable bonds is 3. The van der Waals surface area contributed by atoms with E-state index in [-0.39, 0.29) is 0 Å². The third kappa shape index (κ3) is 2.58. The fraction of sp³-hybridized carbons (Fsp3) is 0.462. The van der Waals surface area contributed by atoms with Gasteiger partial charge < -0.3 is 15.7 Å². The van der Waals surface area contributed by atoms with Gasteiger partial charge in [0.25, 0.3) is 0 Å². The number of piperidine rings is 1. The molecule has 0 unspecified atom stereocenters.